The van der Waals surface area contributed by atoms with Crippen molar-refractivity contribution in [2.75, 3.05) is 26.2 Å². The number of aromatic nitrogens is 2. The fraction of sp³-hybridized carbons (Fsp3) is 0.421. The van der Waals surface area contributed by atoms with Gasteiger partial charge in [-0.15, -0.1) is 0 Å². The molecule has 0 aliphatic carbocycles. The highest BCUT2D eigenvalue weighted by Gasteiger charge is 2.26. The van der Waals surface area contributed by atoms with Crippen molar-refractivity contribution < 1.29 is 9.59 Å². The van der Waals surface area contributed by atoms with Crippen LogP contribution in [0.3, 0.4) is 0 Å². The maximum absolute atomic E-state index is 13.0. The molecule has 1 fully saturated rings. The van der Waals surface area contributed by atoms with E-state index in [1.807, 2.05) is 24.3 Å². The molecular formula is C19H23ClN4O2. The summed E-state index contributed by atoms with van der Waals surface area (Å²) in [4.78, 5) is 28.1. The van der Waals surface area contributed by atoms with Crippen LogP contribution >= 0.6 is 11.6 Å². The molecule has 0 atom stereocenters. The van der Waals surface area contributed by atoms with E-state index in [-0.39, 0.29) is 11.8 Å². The zero-order valence-corrected chi connectivity index (χ0v) is 15.9. The molecule has 1 aromatic carbocycles. The normalized spacial score (nSPS) is 14.6. The van der Waals surface area contributed by atoms with Gasteiger partial charge in [-0.25, -0.2) is 4.68 Å². The first-order chi connectivity index (χ1) is 12.5. The van der Waals surface area contributed by atoms with Crippen LogP contribution in [0.5, 0.6) is 0 Å². The Hall–Kier alpha value is -2.34. The van der Waals surface area contributed by atoms with Crippen LogP contribution in [0.25, 0.3) is 5.69 Å². The van der Waals surface area contributed by atoms with Crippen LogP contribution in [0.2, 0.25) is 5.02 Å². The minimum absolute atomic E-state index is 0.0232. The van der Waals surface area contributed by atoms with Gasteiger partial charge < -0.3 is 9.80 Å². The fourth-order valence-corrected chi connectivity index (χ4v) is 3.44. The average Bonchev–Trinajstić information content (AvgIpc) is 3.05. The second-order valence-corrected chi connectivity index (χ2v) is 6.88. The Kier molecular flexibility index (Phi) is 5.61. The number of hydrogen-bond acceptors (Lipinski definition) is 3. The number of benzene rings is 1. The monoisotopic (exact) mass is 374 g/mol. The molecule has 0 radical (unpaired) electrons. The van der Waals surface area contributed by atoms with Crippen LogP contribution in [-0.2, 0) is 11.2 Å². The van der Waals surface area contributed by atoms with Gasteiger partial charge in [0.05, 0.1) is 23.1 Å². The molecule has 1 saturated heterocycles. The highest BCUT2D eigenvalue weighted by atomic mass is 35.5. The third-order valence-corrected chi connectivity index (χ3v) is 4.89. The molecule has 0 spiro atoms. The van der Waals surface area contributed by atoms with E-state index < -0.39 is 0 Å². The summed E-state index contributed by atoms with van der Waals surface area (Å²) in [6.45, 7) is 5.89. The van der Waals surface area contributed by atoms with E-state index in [2.05, 4.69) is 12.0 Å². The first kappa shape index (κ1) is 18.5. The molecule has 2 heterocycles. The first-order valence-corrected chi connectivity index (χ1v) is 9.26. The van der Waals surface area contributed by atoms with Gasteiger partial charge in [0.2, 0.25) is 5.91 Å². The zero-order valence-electron chi connectivity index (χ0n) is 15.1. The van der Waals surface area contributed by atoms with E-state index in [4.69, 9.17) is 11.6 Å². The van der Waals surface area contributed by atoms with Crippen molar-refractivity contribution in [1.82, 2.24) is 19.6 Å². The molecule has 1 aliphatic heterocycles. The van der Waals surface area contributed by atoms with Crippen molar-refractivity contribution in [3.05, 3.63) is 46.7 Å². The molecule has 1 aromatic heterocycles. The third-order valence-electron chi connectivity index (χ3n) is 4.65. The van der Waals surface area contributed by atoms with Crippen molar-refractivity contribution in [3.8, 4) is 5.69 Å². The van der Waals surface area contributed by atoms with Gasteiger partial charge in [-0.2, -0.15) is 5.10 Å². The molecule has 6 nitrogen and oxygen atoms in total. The maximum Gasteiger partial charge on any atom is 0.257 e. The molecule has 2 aromatic rings. The van der Waals surface area contributed by atoms with Crippen LogP contribution in [0.4, 0.5) is 0 Å². The second kappa shape index (κ2) is 7.91. The summed E-state index contributed by atoms with van der Waals surface area (Å²) in [6, 6.07) is 7.46. The van der Waals surface area contributed by atoms with Gasteiger partial charge in [0.25, 0.3) is 5.91 Å². The Bertz CT molecular complexity index is 810. The van der Waals surface area contributed by atoms with Gasteiger partial charge in [-0.3, -0.25) is 9.59 Å². The summed E-state index contributed by atoms with van der Waals surface area (Å²) < 4.78 is 1.80. The van der Waals surface area contributed by atoms with Crippen molar-refractivity contribution >= 4 is 23.4 Å². The number of carbonyl (C=O) groups excluding carboxylic acids is 2. The predicted octanol–water partition coefficient (Wildman–Crippen LogP) is 2.78. The van der Waals surface area contributed by atoms with Gasteiger partial charge in [0, 0.05) is 38.1 Å². The van der Waals surface area contributed by atoms with Crippen molar-refractivity contribution in [1.29, 1.82) is 0 Å². The minimum Gasteiger partial charge on any atom is -0.339 e. The molecule has 3 rings (SSSR count). The number of halogens is 1. The number of carbonyl (C=O) groups is 2. The highest BCUT2D eigenvalue weighted by molar-refractivity contribution is 6.30. The lowest BCUT2D eigenvalue weighted by Gasteiger charge is -2.34. The fourth-order valence-electron chi connectivity index (χ4n) is 3.25. The maximum atomic E-state index is 13.0. The minimum atomic E-state index is -0.0232. The molecule has 26 heavy (non-hydrogen) atoms. The smallest absolute Gasteiger partial charge is 0.257 e. The van der Waals surface area contributed by atoms with Gasteiger partial charge >= 0.3 is 0 Å². The summed E-state index contributed by atoms with van der Waals surface area (Å²) in [6.07, 6.45) is 3.30. The first-order valence-electron chi connectivity index (χ1n) is 8.89. The van der Waals surface area contributed by atoms with Crippen LogP contribution in [0, 0.1) is 0 Å². The Morgan fingerprint density at radius 2 is 1.85 bits per heavy atom. The molecule has 2 amide bonds. The molecule has 1 aliphatic rings. The second-order valence-electron chi connectivity index (χ2n) is 6.44. The van der Waals surface area contributed by atoms with Gasteiger partial charge in [0.1, 0.15) is 0 Å². The number of nitrogens with zero attached hydrogens (tertiary/aromatic N) is 4. The third kappa shape index (κ3) is 3.75. The predicted molar refractivity (Wildman–Crippen MR) is 101 cm³/mol. The lowest BCUT2D eigenvalue weighted by Crippen LogP contribution is -2.50. The quantitative estimate of drug-likeness (QED) is 0.826. The van der Waals surface area contributed by atoms with E-state index in [1.165, 1.54) is 0 Å². The van der Waals surface area contributed by atoms with Crippen molar-refractivity contribution in [2.24, 2.45) is 0 Å². The van der Waals surface area contributed by atoms with Crippen LogP contribution in [-0.4, -0.2) is 57.6 Å². The molecule has 0 saturated carbocycles. The lowest BCUT2D eigenvalue weighted by atomic mass is 10.1. The topological polar surface area (TPSA) is 58.4 Å². The van der Waals surface area contributed by atoms with E-state index in [0.717, 1.165) is 24.2 Å². The lowest BCUT2D eigenvalue weighted by molar-refractivity contribution is -0.130. The standard InChI is InChI=1S/C19H23ClN4O2/c1-3-5-18-17(13-21-24(18)16-7-4-6-15(20)12-16)19(26)23-10-8-22(9-11-23)14(2)25/h4,6-7,12-13H,3,5,8-11H2,1-2H3. The molecule has 0 unspecified atom stereocenters. The summed E-state index contributed by atoms with van der Waals surface area (Å²) in [5.74, 6) is 0.0301. The largest absolute Gasteiger partial charge is 0.339 e. The Morgan fingerprint density at radius 1 is 1.15 bits per heavy atom. The average molecular weight is 375 g/mol. The van der Waals surface area contributed by atoms with E-state index in [9.17, 15) is 9.59 Å². The van der Waals surface area contributed by atoms with Crippen molar-refractivity contribution in [3.63, 3.8) is 0 Å². The van der Waals surface area contributed by atoms with Crippen LogP contribution < -0.4 is 0 Å². The number of amides is 2. The van der Waals surface area contributed by atoms with E-state index >= 15 is 0 Å². The van der Waals surface area contributed by atoms with E-state index in [0.29, 0.717) is 36.8 Å². The SMILES string of the molecule is CCCc1c(C(=O)N2CCN(C(C)=O)CC2)cnn1-c1cccc(Cl)c1. The Labute approximate surface area is 158 Å². The Morgan fingerprint density at radius 3 is 2.46 bits per heavy atom. The Balaban J connectivity index is 1.86. The summed E-state index contributed by atoms with van der Waals surface area (Å²) in [7, 11) is 0. The number of hydrogen-bond donors (Lipinski definition) is 0. The van der Waals surface area contributed by atoms with Gasteiger partial charge in [-0.1, -0.05) is 31.0 Å². The van der Waals surface area contributed by atoms with E-state index in [1.54, 1.807) is 27.6 Å². The van der Waals surface area contributed by atoms with Crippen LogP contribution in [0.1, 0.15) is 36.3 Å². The number of rotatable bonds is 4. The molecule has 0 bridgehead atoms. The zero-order chi connectivity index (χ0) is 18.7. The van der Waals surface area contributed by atoms with Crippen LogP contribution in [0.15, 0.2) is 30.5 Å². The molecule has 7 heteroatoms. The summed E-state index contributed by atoms with van der Waals surface area (Å²) in [5, 5.41) is 5.08. The molecule has 138 valence electrons. The van der Waals surface area contributed by atoms with Gasteiger partial charge in [0.15, 0.2) is 0 Å². The molecule has 0 N–H and O–H groups in total. The van der Waals surface area contributed by atoms with Crippen molar-refractivity contribution in [2.45, 2.75) is 26.7 Å². The number of piperazine rings is 1. The highest BCUT2D eigenvalue weighted by Crippen LogP contribution is 2.21. The molecular weight excluding hydrogens is 352 g/mol. The summed E-state index contributed by atoms with van der Waals surface area (Å²) >= 11 is 6.11. The summed E-state index contributed by atoms with van der Waals surface area (Å²) in [5.41, 5.74) is 2.37. The van der Waals surface area contributed by atoms with Gasteiger partial charge in [-0.05, 0) is 24.6 Å².